The van der Waals surface area contributed by atoms with E-state index in [0.29, 0.717) is 0 Å². The number of hydrogen-bond acceptors (Lipinski definition) is 3. The standard InChI is InChI=1S/C12H6F2N2O/c13-9-4-3-8(6-10(9)14)17-12-2-1-5-16-11(12)7-15/h1-6H. The van der Waals surface area contributed by atoms with Crippen LogP contribution in [0.1, 0.15) is 5.69 Å². The summed E-state index contributed by atoms with van der Waals surface area (Å²) in [7, 11) is 0. The van der Waals surface area contributed by atoms with E-state index in [-0.39, 0.29) is 17.2 Å². The molecule has 0 radical (unpaired) electrons. The lowest BCUT2D eigenvalue weighted by molar-refractivity contribution is 0.459. The van der Waals surface area contributed by atoms with Gasteiger partial charge in [-0.25, -0.2) is 13.8 Å². The van der Waals surface area contributed by atoms with Gasteiger partial charge in [0.05, 0.1) is 0 Å². The lowest BCUT2D eigenvalue weighted by Crippen LogP contribution is -1.92. The monoisotopic (exact) mass is 232 g/mol. The zero-order valence-electron chi connectivity index (χ0n) is 8.52. The van der Waals surface area contributed by atoms with E-state index in [4.69, 9.17) is 10.00 Å². The summed E-state index contributed by atoms with van der Waals surface area (Å²) in [5.41, 5.74) is 0.0808. The van der Waals surface area contributed by atoms with Crippen LogP contribution in [0.3, 0.4) is 0 Å². The Bertz CT molecular complexity index is 593. The summed E-state index contributed by atoms with van der Waals surface area (Å²) in [6, 6.07) is 8.07. The fraction of sp³-hybridized carbons (Fsp3) is 0. The normalized spacial score (nSPS) is 9.71. The maximum absolute atomic E-state index is 12.9. The molecular weight excluding hydrogens is 226 g/mol. The molecule has 0 amide bonds. The Morgan fingerprint density at radius 1 is 1.18 bits per heavy atom. The van der Waals surface area contributed by atoms with Crippen LogP contribution in [0.4, 0.5) is 8.78 Å². The highest BCUT2D eigenvalue weighted by Crippen LogP contribution is 2.24. The molecule has 3 nitrogen and oxygen atoms in total. The Balaban J connectivity index is 2.32. The molecule has 0 atom stereocenters. The average Bonchev–Trinajstić information content (AvgIpc) is 2.34. The van der Waals surface area contributed by atoms with Gasteiger partial charge in [-0.1, -0.05) is 0 Å². The molecule has 17 heavy (non-hydrogen) atoms. The Morgan fingerprint density at radius 3 is 2.71 bits per heavy atom. The lowest BCUT2D eigenvalue weighted by atomic mass is 10.3. The minimum atomic E-state index is -1.01. The summed E-state index contributed by atoms with van der Waals surface area (Å²) in [5, 5.41) is 8.77. The van der Waals surface area contributed by atoms with Gasteiger partial charge in [0.15, 0.2) is 23.1 Å². The maximum atomic E-state index is 12.9. The van der Waals surface area contributed by atoms with Crippen molar-refractivity contribution in [3.63, 3.8) is 0 Å². The molecule has 0 aliphatic carbocycles. The van der Waals surface area contributed by atoms with Gasteiger partial charge < -0.3 is 4.74 Å². The van der Waals surface area contributed by atoms with Gasteiger partial charge >= 0.3 is 0 Å². The highest BCUT2D eigenvalue weighted by Gasteiger charge is 2.07. The summed E-state index contributed by atoms with van der Waals surface area (Å²) in [6.45, 7) is 0. The van der Waals surface area contributed by atoms with Crippen molar-refractivity contribution in [3.8, 4) is 17.6 Å². The van der Waals surface area contributed by atoms with Gasteiger partial charge in [-0.05, 0) is 24.3 Å². The molecule has 0 N–H and O–H groups in total. The third-order valence-electron chi connectivity index (χ3n) is 2.00. The van der Waals surface area contributed by atoms with Crippen molar-refractivity contribution in [3.05, 3.63) is 53.9 Å². The second-order valence-electron chi connectivity index (χ2n) is 3.14. The van der Waals surface area contributed by atoms with Crippen LogP contribution >= 0.6 is 0 Å². The summed E-state index contributed by atoms with van der Waals surface area (Å²) in [5.74, 6) is -1.66. The highest BCUT2D eigenvalue weighted by atomic mass is 19.2. The van der Waals surface area contributed by atoms with E-state index in [1.807, 2.05) is 6.07 Å². The Kier molecular flexibility index (Phi) is 2.97. The molecule has 1 heterocycles. The van der Waals surface area contributed by atoms with Gasteiger partial charge in [-0.2, -0.15) is 5.26 Å². The van der Waals surface area contributed by atoms with Crippen LogP contribution in [0.15, 0.2) is 36.5 Å². The van der Waals surface area contributed by atoms with Gasteiger partial charge in [0.1, 0.15) is 11.8 Å². The van der Waals surface area contributed by atoms with Crippen molar-refractivity contribution in [1.29, 1.82) is 5.26 Å². The van der Waals surface area contributed by atoms with Crippen LogP contribution < -0.4 is 4.74 Å². The zero-order valence-corrected chi connectivity index (χ0v) is 8.52. The largest absolute Gasteiger partial charge is 0.454 e. The predicted octanol–water partition coefficient (Wildman–Crippen LogP) is 3.02. The lowest BCUT2D eigenvalue weighted by Gasteiger charge is -2.06. The van der Waals surface area contributed by atoms with E-state index in [1.54, 1.807) is 6.07 Å². The minimum absolute atomic E-state index is 0.0808. The number of hydrogen-bond donors (Lipinski definition) is 0. The molecule has 0 spiro atoms. The van der Waals surface area contributed by atoms with Crippen molar-refractivity contribution in [2.45, 2.75) is 0 Å². The number of pyridine rings is 1. The number of nitrogens with zero attached hydrogens (tertiary/aromatic N) is 2. The van der Waals surface area contributed by atoms with Crippen LogP contribution in [0.25, 0.3) is 0 Å². The number of ether oxygens (including phenoxy) is 1. The van der Waals surface area contributed by atoms with E-state index < -0.39 is 11.6 Å². The molecule has 0 saturated heterocycles. The van der Waals surface area contributed by atoms with E-state index in [2.05, 4.69) is 4.98 Å². The molecule has 0 fully saturated rings. The smallest absolute Gasteiger partial charge is 0.183 e. The summed E-state index contributed by atoms with van der Waals surface area (Å²) >= 11 is 0. The molecule has 5 heteroatoms. The highest BCUT2D eigenvalue weighted by molar-refractivity contribution is 5.40. The van der Waals surface area contributed by atoms with Crippen LogP contribution in [-0.4, -0.2) is 4.98 Å². The number of aromatic nitrogens is 1. The average molecular weight is 232 g/mol. The fourth-order valence-electron chi connectivity index (χ4n) is 1.22. The molecule has 1 aromatic carbocycles. The summed E-state index contributed by atoms with van der Waals surface area (Å²) in [6.07, 6.45) is 1.44. The SMILES string of the molecule is N#Cc1ncccc1Oc1ccc(F)c(F)c1. The number of rotatable bonds is 2. The molecule has 0 saturated carbocycles. The number of nitriles is 1. The molecular formula is C12H6F2N2O. The van der Waals surface area contributed by atoms with Crippen LogP contribution in [0.5, 0.6) is 11.5 Å². The van der Waals surface area contributed by atoms with E-state index >= 15 is 0 Å². The molecule has 84 valence electrons. The van der Waals surface area contributed by atoms with E-state index in [1.165, 1.54) is 18.3 Å². The first-order valence-electron chi connectivity index (χ1n) is 4.69. The number of benzene rings is 1. The van der Waals surface area contributed by atoms with Gasteiger partial charge in [-0.3, -0.25) is 0 Å². The third kappa shape index (κ3) is 2.37. The molecule has 0 bridgehead atoms. The second kappa shape index (κ2) is 4.58. The van der Waals surface area contributed by atoms with Crippen molar-refractivity contribution in [2.24, 2.45) is 0 Å². The van der Waals surface area contributed by atoms with E-state index in [9.17, 15) is 8.78 Å². The second-order valence-corrected chi connectivity index (χ2v) is 3.14. The third-order valence-corrected chi connectivity index (χ3v) is 2.00. The first-order valence-corrected chi connectivity index (χ1v) is 4.69. The molecule has 1 aromatic heterocycles. The Morgan fingerprint density at radius 2 is 2.00 bits per heavy atom. The number of halogens is 2. The van der Waals surface area contributed by atoms with Gasteiger partial charge in [0.2, 0.25) is 0 Å². The first kappa shape index (κ1) is 11.0. The van der Waals surface area contributed by atoms with E-state index in [0.717, 1.165) is 12.1 Å². The Labute approximate surface area is 95.9 Å². The predicted molar refractivity (Wildman–Crippen MR) is 55.4 cm³/mol. The van der Waals surface area contributed by atoms with Crippen molar-refractivity contribution >= 4 is 0 Å². The quantitative estimate of drug-likeness (QED) is 0.799. The van der Waals surface area contributed by atoms with Crippen LogP contribution in [0, 0.1) is 23.0 Å². The van der Waals surface area contributed by atoms with Gasteiger partial charge in [0.25, 0.3) is 0 Å². The summed E-state index contributed by atoms with van der Waals surface area (Å²) in [4.78, 5) is 3.78. The molecule has 2 rings (SSSR count). The molecule has 2 aromatic rings. The maximum Gasteiger partial charge on any atom is 0.183 e. The van der Waals surface area contributed by atoms with Crippen molar-refractivity contribution in [1.82, 2.24) is 4.98 Å². The topological polar surface area (TPSA) is 45.9 Å². The van der Waals surface area contributed by atoms with Crippen LogP contribution in [0.2, 0.25) is 0 Å². The molecule has 0 unspecified atom stereocenters. The summed E-state index contributed by atoms with van der Waals surface area (Å²) < 4.78 is 30.9. The molecule has 0 aliphatic heterocycles. The van der Waals surface area contributed by atoms with Gasteiger partial charge in [0, 0.05) is 12.3 Å². The Hall–Kier alpha value is -2.48. The zero-order chi connectivity index (χ0) is 12.3. The fourth-order valence-corrected chi connectivity index (χ4v) is 1.22. The first-order chi connectivity index (χ1) is 8.20. The minimum Gasteiger partial charge on any atom is -0.454 e. The van der Waals surface area contributed by atoms with Gasteiger partial charge in [-0.15, -0.1) is 0 Å². The van der Waals surface area contributed by atoms with Crippen molar-refractivity contribution < 1.29 is 13.5 Å². The van der Waals surface area contributed by atoms with Crippen LogP contribution in [-0.2, 0) is 0 Å². The van der Waals surface area contributed by atoms with Crippen molar-refractivity contribution in [2.75, 3.05) is 0 Å². The molecule has 0 aliphatic rings.